The van der Waals surface area contributed by atoms with Crippen LogP contribution in [0.4, 0.5) is 11.5 Å². The van der Waals surface area contributed by atoms with Crippen molar-refractivity contribution in [3.63, 3.8) is 0 Å². The Morgan fingerprint density at radius 3 is 2.62 bits per heavy atom. The molecule has 26 heavy (non-hydrogen) atoms. The number of halogens is 2. The number of nitrogens with zero attached hydrogens (tertiary/aromatic N) is 4. The van der Waals surface area contributed by atoms with Crippen molar-refractivity contribution < 1.29 is 0 Å². The first-order valence-corrected chi connectivity index (χ1v) is 9.05. The Morgan fingerprint density at radius 1 is 1.19 bits per heavy atom. The summed E-state index contributed by atoms with van der Waals surface area (Å²) >= 11 is 17.6. The van der Waals surface area contributed by atoms with Crippen molar-refractivity contribution in [2.24, 2.45) is 7.05 Å². The topological polar surface area (TPSA) is 59.7 Å². The molecule has 1 aromatic carbocycles. The molecule has 0 atom stereocenters. The summed E-state index contributed by atoms with van der Waals surface area (Å²) < 4.78 is 3.63. The first kappa shape index (κ1) is 18.7. The molecular formula is C17H18Cl2N6S. The highest BCUT2D eigenvalue weighted by molar-refractivity contribution is 7.80. The van der Waals surface area contributed by atoms with Gasteiger partial charge < -0.3 is 10.6 Å². The molecule has 0 fully saturated rings. The summed E-state index contributed by atoms with van der Waals surface area (Å²) in [5, 5.41) is 16.6. The average Bonchev–Trinajstić information content (AvgIpc) is 3.06. The number of anilines is 2. The molecule has 0 saturated carbocycles. The third kappa shape index (κ3) is 4.17. The summed E-state index contributed by atoms with van der Waals surface area (Å²) in [7, 11) is 1.88. The van der Waals surface area contributed by atoms with E-state index in [0.29, 0.717) is 27.5 Å². The predicted molar refractivity (Wildman–Crippen MR) is 110 cm³/mol. The lowest BCUT2D eigenvalue weighted by Crippen LogP contribution is -2.20. The van der Waals surface area contributed by atoms with Gasteiger partial charge in [0.15, 0.2) is 10.9 Å². The maximum Gasteiger partial charge on any atom is 0.176 e. The van der Waals surface area contributed by atoms with E-state index >= 15 is 0 Å². The van der Waals surface area contributed by atoms with Crippen LogP contribution in [0, 0.1) is 13.8 Å². The molecule has 2 N–H and O–H groups in total. The number of hydrogen-bond acceptors (Lipinski definition) is 3. The molecule has 3 aromatic rings. The van der Waals surface area contributed by atoms with E-state index in [1.54, 1.807) is 16.9 Å². The van der Waals surface area contributed by atoms with Gasteiger partial charge in [-0.1, -0.05) is 29.3 Å². The zero-order valence-corrected chi connectivity index (χ0v) is 16.9. The fourth-order valence-corrected chi connectivity index (χ4v) is 3.12. The van der Waals surface area contributed by atoms with Gasteiger partial charge in [-0.3, -0.25) is 9.36 Å². The molecule has 2 heterocycles. The van der Waals surface area contributed by atoms with Crippen LogP contribution >= 0.6 is 35.4 Å². The summed E-state index contributed by atoms with van der Waals surface area (Å²) in [6.45, 7) is 4.49. The fourth-order valence-electron chi connectivity index (χ4n) is 2.43. The lowest BCUT2D eigenvalue weighted by molar-refractivity contribution is 0.668. The summed E-state index contributed by atoms with van der Waals surface area (Å²) in [5.41, 5.74) is 3.78. The van der Waals surface area contributed by atoms with Crippen LogP contribution in [-0.4, -0.2) is 24.7 Å². The summed E-state index contributed by atoms with van der Waals surface area (Å²) in [6.07, 6.45) is 1.73. The van der Waals surface area contributed by atoms with E-state index in [-0.39, 0.29) is 0 Å². The van der Waals surface area contributed by atoms with Gasteiger partial charge in [-0.25, -0.2) is 0 Å². The number of rotatable bonds is 4. The first-order chi connectivity index (χ1) is 12.3. The maximum absolute atomic E-state index is 6.25. The van der Waals surface area contributed by atoms with Gasteiger partial charge in [0.05, 0.1) is 24.1 Å². The van der Waals surface area contributed by atoms with E-state index in [1.165, 1.54) is 0 Å². The molecule has 6 nitrogen and oxygen atoms in total. The van der Waals surface area contributed by atoms with Crippen LogP contribution in [0.2, 0.25) is 10.0 Å². The van der Waals surface area contributed by atoms with Gasteiger partial charge in [-0.2, -0.15) is 10.2 Å². The largest absolute Gasteiger partial charge is 0.330 e. The number of aromatic nitrogens is 4. The zero-order valence-electron chi connectivity index (χ0n) is 14.5. The lowest BCUT2D eigenvalue weighted by atomic mass is 10.2. The Hall–Kier alpha value is -2.09. The second-order valence-electron chi connectivity index (χ2n) is 5.91. The Morgan fingerprint density at radius 2 is 1.96 bits per heavy atom. The fraction of sp³-hybridized carbons (Fsp3) is 0.235. The van der Waals surface area contributed by atoms with Crippen LogP contribution in [0.15, 0.2) is 30.5 Å². The smallest absolute Gasteiger partial charge is 0.176 e. The molecule has 9 heteroatoms. The van der Waals surface area contributed by atoms with Crippen molar-refractivity contribution in [2.45, 2.75) is 20.4 Å². The Balaban J connectivity index is 1.69. The summed E-state index contributed by atoms with van der Waals surface area (Å²) in [5.74, 6) is 0.659. The van der Waals surface area contributed by atoms with E-state index in [2.05, 4.69) is 20.8 Å². The van der Waals surface area contributed by atoms with Crippen LogP contribution in [0.3, 0.4) is 0 Å². The quantitative estimate of drug-likeness (QED) is 0.626. The molecule has 0 aliphatic carbocycles. The van der Waals surface area contributed by atoms with Gasteiger partial charge in [-0.05, 0) is 43.8 Å². The van der Waals surface area contributed by atoms with Crippen LogP contribution in [0.25, 0.3) is 0 Å². The summed E-state index contributed by atoms with van der Waals surface area (Å²) in [4.78, 5) is 0. The number of aryl methyl sites for hydroxylation is 2. The molecule has 136 valence electrons. The van der Waals surface area contributed by atoms with Crippen LogP contribution in [0.1, 0.15) is 17.0 Å². The van der Waals surface area contributed by atoms with E-state index in [0.717, 1.165) is 22.6 Å². The number of nitrogens with one attached hydrogen (secondary N) is 2. The average molecular weight is 409 g/mol. The van der Waals surface area contributed by atoms with Crippen LogP contribution in [0.5, 0.6) is 0 Å². The molecule has 0 aliphatic rings. The number of thiocarbonyl (C=S) groups is 1. The van der Waals surface area contributed by atoms with E-state index < -0.39 is 0 Å². The number of hydrogen-bond donors (Lipinski definition) is 2. The van der Waals surface area contributed by atoms with Crippen molar-refractivity contribution in [1.29, 1.82) is 0 Å². The predicted octanol–water partition coefficient (Wildman–Crippen LogP) is 4.40. The SMILES string of the molecule is Cc1c(NC(=S)Nc2cc(C)n(Cc3ccc(Cl)cc3Cl)n2)cnn1C. The van der Waals surface area contributed by atoms with Crippen molar-refractivity contribution in [2.75, 3.05) is 10.6 Å². The van der Waals surface area contributed by atoms with Crippen molar-refractivity contribution in [3.05, 3.63) is 57.5 Å². The monoisotopic (exact) mass is 408 g/mol. The third-order valence-electron chi connectivity index (χ3n) is 4.04. The van der Waals surface area contributed by atoms with Crippen molar-refractivity contribution >= 4 is 52.0 Å². The van der Waals surface area contributed by atoms with Crippen LogP contribution < -0.4 is 10.6 Å². The molecule has 0 amide bonds. The maximum atomic E-state index is 6.25. The van der Waals surface area contributed by atoms with Crippen molar-refractivity contribution in [1.82, 2.24) is 19.6 Å². The number of benzene rings is 1. The van der Waals surface area contributed by atoms with Gasteiger partial charge in [0, 0.05) is 28.9 Å². The van der Waals surface area contributed by atoms with Gasteiger partial charge in [0.25, 0.3) is 0 Å². The Kier molecular flexibility index (Phi) is 5.50. The highest BCUT2D eigenvalue weighted by atomic mass is 35.5. The Labute approximate surface area is 167 Å². The molecule has 0 aliphatic heterocycles. The molecule has 3 rings (SSSR count). The minimum absolute atomic E-state index is 0.454. The van der Waals surface area contributed by atoms with Crippen molar-refractivity contribution in [3.8, 4) is 0 Å². The van der Waals surface area contributed by atoms with Crippen LogP contribution in [-0.2, 0) is 13.6 Å². The highest BCUT2D eigenvalue weighted by Crippen LogP contribution is 2.22. The lowest BCUT2D eigenvalue weighted by Gasteiger charge is -2.08. The molecule has 0 radical (unpaired) electrons. The van der Waals surface area contributed by atoms with Gasteiger partial charge in [-0.15, -0.1) is 0 Å². The second-order valence-corrected chi connectivity index (χ2v) is 7.16. The molecule has 0 unspecified atom stereocenters. The van der Waals surface area contributed by atoms with Gasteiger partial charge in [0.1, 0.15) is 0 Å². The van der Waals surface area contributed by atoms with Gasteiger partial charge >= 0.3 is 0 Å². The standard InChI is InChI=1S/C17H18Cl2N6S/c1-10-6-16(22-17(26)21-15-8-20-24(3)11(15)2)23-25(10)9-12-4-5-13(18)7-14(12)19/h4-8H,9H2,1-3H3,(H2,21,22,23,26). The molecule has 0 saturated heterocycles. The Bertz CT molecular complexity index is 962. The molecule has 0 bridgehead atoms. The minimum atomic E-state index is 0.454. The second kappa shape index (κ2) is 7.65. The zero-order chi connectivity index (χ0) is 18.8. The van der Waals surface area contributed by atoms with E-state index in [1.807, 2.05) is 43.8 Å². The minimum Gasteiger partial charge on any atom is -0.330 e. The van der Waals surface area contributed by atoms with Gasteiger partial charge in [0.2, 0.25) is 0 Å². The normalized spacial score (nSPS) is 10.8. The third-order valence-corrected chi connectivity index (χ3v) is 4.83. The highest BCUT2D eigenvalue weighted by Gasteiger charge is 2.10. The van der Waals surface area contributed by atoms with E-state index in [4.69, 9.17) is 35.4 Å². The summed E-state index contributed by atoms with van der Waals surface area (Å²) in [6, 6.07) is 7.37. The molecule has 2 aromatic heterocycles. The first-order valence-electron chi connectivity index (χ1n) is 7.88. The van der Waals surface area contributed by atoms with E-state index in [9.17, 15) is 0 Å². The molecular weight excluding hydrogens is 391 g/mol. The molecule has 0 spiro atoms.